The van der Waals surface area contributed by atoms with E-state index in [1.807, 2.05) is 38.1 Å². The molecule has 21 heteroatoms. The molecule has 0 fully saturated rings. The highest BCUT2D eigenvalue weighted by atomic mass is 16.6. The third-order valence-corrected chi connectivity index (χ3v) is 19.2. The number of rotatable bonds is 52. The van der Waals surface area contributed by atoms with Crippen molar-refractivity contribution in [1.29, 1.82) is 0 Å². The lowest BCUT2D eigenvalue weighted by Gasteiger charge is -2.24. The molecule has 8 atom stereocenters. The summed E-state index contributed by atoms with van der Waals surface area (Å²) in [6, 6.07) is 27.6. The normalized spacial score (nSPS) is 13.4. The number of nitrogens with two attached hydrogens (primary N) is 1. The molecular formula is C87H127N5O16. The van der Waals surface area contributed by atoms with Crippen LogP contribution in [0.25, 0.3) is 22.3 Å². The van der Waals surface area contributed by atoms with E-state index in [1.165, 1.54) is 32.3 Å². The van der Waals surface area contributed by atoms with Crippen molar-refractivity contribution in [3.05, 3.63) is 119 Å². The molecule has 0 spiro atoms. The predicted molar refractivity (Wildman–Crippen MR) is 422 cm³/mol. The Morgan fingerprint density at radius 2 is 0.722 bits per heavy atom. The molecule has 4 aromatic carbocycles. The van der Waals surface area contributed by atoms with Crippen LogP contribution in [0.3, 0.4) is 0 Å². The second kappa shape index (κ2) is 51.6. The fraction of sp³-hybridized carbons (Fsp3) is 0.586. The Balaban J connectivity index is 0.000000562. The number of ether oxygens (including phenoxy) is 3. The van der Waals surface area contributed by atoms with Crippen LogP contribution in [0.4, 0.5) is 0 Å². The molecule has 0 saturated carbocycles. The van der Waals surface area contributed by atoms with Gasteiger partial charge in [-0.3, -0.25) is 47.9 Å². The van der Waals surface area contributed by atoms with E-state index in [1.54, 1.807) is 52.0 Å². The summed E-state index contributed by atoms with van der Waals surface area (Å²) in [4.78, 5) is 157. The number of aryl methyl sites for hydroxylation is 2. The first kappa shape index (κ1) is 93.5. The number of carboxylic acid groups (broad SMARTS) is 1. The van der Waals surface area contributed by atoms with Crippen molar-refractivity contribution in [3.63, 3.8) is 0 Å². The van der Waals surface area contributed by atoms with Crippen molar-refractivity contribution >= 4 is 70.6 Å². The van der Waals surface area contributed by atoms with Gasteiger partial charge in [-0.15, -0.1) is 0 Å². The second-order valence-electron chi connectivity index (χ2n) is 29.7. The van der Waals surface area contributed by atoms with E-state index < -0.39 is 113 Å². The Hall–Kier alpha value is -8.72. The summed E-state index contributed by atoms with van der Waals surface area (Å²) in [6.45, 7) is 19.3. The van der Waals surface area contributed by atoms with Crippen molar-refractivity contribution in [3.8, 4) is 22.3 Å². The average molecular weight is 1500 g/mol. The Kier molecular flexibility index (Phi) is 44.6. The van der Waals surface area contributed by atoms with Gasteiger partial charge in [0.25, 0.3) is 0 Å². The van der Waals surface area contributed by atoms with Crippen LogP contribution >= 0.6 is 0 Å². The van der Waals surface area contributed by atoms with Crippen molar-refractivity contribution in [2.24, 2.45) is 29.4 Å². The molecular weight excluding hydrogens is 1370 g/mol. The Labute approximate surface area is 642 Å². The Bertz CT molecular complexity index is 3440. The summed E-state index contributed by atoms with van der Waals surface area (Å²) in [6.07, 6.45) is 15.7. The molecule has 0 aliphatic rings. The monoisotopic (exact) mass is 1500 g/mol. The van der Waals surface area contributed by atoms with Gasteiger partial charge < -0.3 is 46.3 Å². The minimum atomic E-state index is -1.17. The quantitative estimate of drug-likeness (QED) is 0.0104. The molecule has 0 aromatic heterocycles. The van der Waals surface area contributed by atoms with E-state index >= 15 is 0 Å². The summed E-state index contributed by atoms with van der Waals surface area (Å²) < 4.78 is 15.2. The standard InChI is InChI=1S/C46H68N2O8.C41H59N3O8/c1-9-12-15-18-37(31-40(49)36-26-24-35(25-27-36)34-22-20-33(21-23-34)17-14-11-3)44(53)47-38(28-29-42(51)56-46(5,6)7)41(50)30-32(4)43(52)48-39(45(54)55-8)19-16-13-10-2;1-5-7-9-13-33(27-36(45)32-21-19-31(20-22-32)30-17-15-29(16-18-30)12-8-6-2)40(50)43-34(23-24-38(47)48)37(46)26-28(3)39(49)44-35(41(51)52-4)14-10-11-25-42/h20-27,32,37-39H,9-19,28-31H2,1-8H3,(H,47,53)(H,48,52);15-22,28,33-35H,5-14,23-27,42H2,1-4H3,(H,43,50)(H,44,49)(H,47,48)/t32-,37-,38+,39+;28-,33-,34+,35+/m11/s1. The van der Waals surface area contributed by atoms with Gasteiger partial charge in [0.15, 0.2) is 23.1 Å². The zero-order valence-corrected chi connectivity index (χ0v) is 66.7. The molecule has 0 saturated heterocycles. The Morgan fingerprint density at radius 1 is 0.398 bits per heavy atom. The smallest absolute Gasteiger partial charge is 0.328 e. The van der Waals surface area contributed by atoms with Gasteiger partial charge in [0.05, 0.1) is 26.3 Å². The number of carboxylic acids is 1. The molecule has 0 radical (unpaired) electrons. The van der Waals surface area contributed by atoms with Gasteiger partial charge in [-0.2, -0.15) is 0 Å². The van der Waals surface area contributed by atoms with Gasteiger partial charge in [-0.1, -0.05) is 216 Å². The molecule has 4 aromatic rings. The van der Waals surface area contributed by atoms with Crippen LogP contribution in [0.5, 0.6) is 0 Å². The summed E-state index contributed by atoms with van der Waals surface area (Å²) in [5.41, 5.74) is 12.4. The largest absolute Gasteiger partial charge is 0.481 e. The minimum Gasteiger partial charge on any atom is -0.481 e. The molecule has 0 aliphatic carbocycles. The van der Waals surface area contributed by atoms with Crippen molar-refractivity contribution < 1.29 is 76.9 Å². The fourth-order valence-corrected chi connectivity index (χ4v) is 12.5. The maximum Gasteiger partial charge on any atom is 0.328 e. The van der Waals surface area contributed by atoms with Gasteiger partial charge in [0, 0.05) is 73.3 Å². The first-order valence-electron chi connectivity index (χ1n) is 39.6. The van der Waals surface area contributed by atoms with Crippen LogP contribution in [0.2, 0.25) is 0 Å². The third kappa shape index (κ3) is 36.0. The van der Waals surface area contributed by atoms with Crippen LogP contribution in [-0.4, -0.2) is 126 Å². The number of carbonyl (C=O) groups is 12. The van der Waals surface area contributed by atoms with Crippen LogP contribution in [0, 0.1) is 23.7 Å². The topological polar surface area (TPSA) is 327 Å². The van der Waals surface area contributed by atoms with Crippen molar-refractivity contribution in [1.82, 2.24) is 21.3 Å². The third-order valence-electron chi connectivity index (χ3n) is 19.2. The highest BCUT2D eigenvalue weighted by Crippen LogP contribution is 2.27. The number of carbonyl (C=O) groups excluding carboxylic acids is 11. The zero-order valence-electron chi connectivity index (χ0n) is 66.7. The first-order valence-corrected chi connectivity index (χ1v) is 39.6. The number of nitrogens with one attached hydrogen (secondary N) is 4. The highest BCUT2D eigenvalue weighted by molar-refractivity contribution is 6.01. The summed E-state index contributed by atoms with van der Waals surface area (Å²) in [5.74, 6) is -9.26. The van der Waals surface area contributed by atoms with Crippen molar-refractivity contribution in [2.75, 3.05) is 20.8 Å². The summed E-state index contributed by atoms with van der Waals surface area (Å²) >= 11 is 0. The molecule has 0 heterocycles. The van der Waals surface area contributed by atoms with E-state index in [9.17, 15) is 62.6 Å². The van der Waals surface area contributed by atoms with E-state index in [4.69, 9.17) is 19.9 Å². The second-order valence-corrected chi connectivity index (χ2v) is 29.7. The molecule has 4 rings (SSSR count). The van der Waals surface area contributed by atoms with Gasteiger partial charge in [0.1, 0.15) is 17.7 Å². The van der Waals surface area contributed by atoms with Crippen LogP contribution in [0.1, 0.15) is 274 Å². The molecule has 4 amide bonds. The Morgan fingerprint density at radius 3 is 1.05 bits per heavy atom. The zero-order chi connectivity index (χ0) is 80.1. The summed E-state index contributed by atoms with van der Waals surface area (Å²) in [5, 5.41) is 20.3. The van der Waals surface area contributed by atoms with E-state index in [0.29, 0.717) is 62.6 Å². The SMILES string of the molecule is CCCCC[C@H](CC(=O)c1ccc(-c2ccc(CCCC)cc2)cc1)C(=O)N[C@@H](CCC(=O)O)C(=O)C[C@@H](C)C(=O)N[C@@H](CCCCN)C(=O)OC.CCCCC[C@H](CC(=O)c1ccc(-c2ccc(CCCC)cc2)cc1)C(=O)N[C@@H](CCC(=O)OC(C)(C)C)C(=O)C[C@@H](C)C(=O)N[C@@H](CCCCC)C(=O)OC. The van der Waals surface area contributed by atoms with E-state index in [2.05, 4.69) is 90.6 Å². The van der Waals surface area contributed by atoms with E-state index in [0.717, 1.165) is 112 Å². The number of ketones is 4. The number of hydrogen-bond donors (Lipinski definition) is 6. The van der Waals surface area contributed by atoms with Gasteiger partial charge in [0.2, 0.25) is 23.6 Å². The molecule has 7 N–H and O–H groups in total. The van der Waals surface area contributed by atoms with E-state index in [-0.39, 0.29) is 62.9 Å². The number of esters is 3. The maximum absolute atomic E-state index is 14.0. The molecule has 0 unspecified atom stereocenters. The minimum absolute atomic E-state index is 0.0354. The molecule has 0 aliphatic heterocycles. The summed E-state index contributed by atoms with van der Waals surface area (Å²) in [7, 11) is 2.49. The fourth-order valence-electron chi connectivity index (χ4n) is 12.5. The lowest BCUT2D eigenvalue weighted by Crippen LogP contribution is -2.47. The molecule has 0 bridgehead atoms. The van der Waals surface area contributed by atoms with Gasteiger partial charge >= 0.3 is 23.9 Å². The molecule has 596 valence electrons. The lowest BCUT2D eigenvalue weighted by atomic mass is 9.90. The van der Waals surface area contributed by atoms with Gasteiger partial charge in [-0.25, -0.2) is 9.59 Å². The number of aliphatic carboxylic acids is 1. The number of benzene rings is 4. The van der Waals surface area contributed by atoms with Crippen LogP contribution in [0.15, 0.2) is 97.1 Å². The molecule has 108 heavy (non-hydrogen) atoms. The lowest BCUT2D eigenvalue weighted by molar-refractivity contribution is -0.155. The number of hydrogen-bond acceptors (Lipinski definition) is 16. The number of amides is 4. The maximum atomic E-state index is 14.0. The average Bonchev–Trinajstić information content (AvgIpc) is 0.850. The number of methoxy groups -OCH3 is 2. The number of Topliss-reactive ketones (excluding diaryl/α,β-unsaturated/α-hetero) is 4. The highest BCUT2D eigenvalue weighted by Gasteiger charge is 2.34. The predicted octanol–water partition coefficient (Wildman–Crippen LogP) is 15.1. The first-order chi connectivity index (χ1) is 51.5. The van der Waals surface area contributed by atoms with Gasteiger partial charge in [-0.05, 0) is 138 Å². The van der Waals surface area contributed by atoms with Crippen LogP contribution in [-0.2, 0) is 75.0 Å². The molecule has 21 nitrogen and oxygen atoms in total. The van der Waals surface area contributed by atoms with Crippen molar-refractivity contribution in [2.45, 2.75) is 285 Å². The number of unbranched alkanes of at least 4 members (excludes halogenated alkanes) is 9. The van der Waals surface area contributed by atoms with Crippen LogP contribution < -0.4 is 27.0 Å².